The lowest BCUT2D eigenvalue weighted by atomic mass is 10.1. The molecule has 54 heavy (non-hydrogen) atoms. The molecule has 0 bridgehead atoms. The van der Waals surface area contributed by atoms with Crippen molar-refractivity contribution in [1.82, 2.24) is 14.1 Å². The van der Waals surface area contributed by atoms with Crippen LogP contribution in [0.25, 0.3) is 55.0 Å². The molecule has 0 unspecified atom stereocenters. The van der Waals surface area contributed by atoms with Crippen LogP contribution in [0.1, 0.15) is 0 Å². The van der Waals surface area contributed by atoms with E-state index in [-0.39, 0.29) is 0 Å². The summed E-state index contributed by atoms with van der Waals surface area (Å²) in [7, 11) is 0. The number of pyridine rings is 1. The Morgan fingerprint density at radius 2 is 1.02 bits per heavy atom. The molecule has 3 aromatic heterocycles. The first-order valence-corrected chi connectivity index (χ1v) is 22.2. The molecular formula is C47H26Al2N4O. The van der Waals surface area contributed by atoms with Gasteiger partial charge in [-0.1, -0.05) is 116 Å². The Labute approximate surface area is 318 Å². The zero-order chi connectivity index (χ0) is 34.8. The molecule has 0 amide bonds. The number of hydrogen-bond donors (Lipinski definition) is 0. The Hall–Kier alpha value is -6.05. The molecule has 0 atom stereocenters. The highest BCUT2D eigenvalue weighted by Gasteiger charge is 2.48. The van der Waals surface area contributed by atoms with Crippen LogP contribution in [0.2, 0.25) is 0 Å². The second-order valence-electron chi connectivity index (χ2n) is 15.0. The molecule has 0 saturated heterocycles. The zero-order valence-electron chi connectivity index (χ0n) is 28.9. The molecule has 0 saturated carbocycles. The van der Waals surface area contributed by atoms with E-state index in [1.54, 1.807) is 0 Å². The van der Waals surface area contributed by atoms with Crippen molar-refractivity contribution in [3.63, 3.8) is 0 Å². The number of fused-ring (bicyclic) bond motifs is 14. The van der Waals surface area contributed by atoms with Gasteiger partial charge in [0.1, 0.15) is 5.75 Å². The van der Waals surface area contributed by atoms with Crippen LogP contribution in [-0.4, -0.2) is 42.4 Å². The van der Waals surface area contributed by atoms with Gasteiger partial charge in [-0.2, -0.15) is 0 Å². The predicted octanol–water partition coefficient (Wildman–Crippen LogP) is 6.82. The maximum Gasteiger partial charge on any atom is 0.425 e. The molecule has 7 heteroatoms. The van der Waals surface area contributed by atoms with Gasteiger partial charge in [0.15, 0.2) is 0 Å². The molecule has 5 nitrogen and oxygen atoms in total. The smallest absolute Gasteiger partial charge is 0.425 e. The third-order valence-corrected chi connectivity index (χ3v) is 19.1. The van der Waals surface area contributed by atoms with Crippen molar-refractivity contribution in [2.45, 2.75) is 0 Å². The number of rotatable bonds is 1. The van der Waals surface area contributed by atoms with Crippen LogP contribution in [-0.2, 0) is 0 Å². The molecule has 246 valence electrons. The minimum Gasteiger partial charge on any atom is -0.442 e. The van der Waals surface area contributed by atoms with E-state index in [1.807, 2.05) is 0 Å². The van der Waals surface area contributed by atoms with Crippen molar-refractivity contribution in [3.8, 4) is 23.0 Å². The van der Waals surface area contributed by atoms with E-state index >= 15 is 0 Å². The quantitative estimate of drug-likeness (QED) is 0.175. The number of anilines is 3. The van der Waals surface area contributed by atoms with Crippen LogP contribution in [0.3, 0.4) is 0 Å². The molecule has 7 heterocycles. The number of aromatic nitrogens is 3. The molecule has 4 aliphatic rings. The van der Waals surface area contributed by atoms with E-state index in [2.05, 4.69) is 172 Å². The summed E-state index contributed by atoms with van der Waals surface area (Å²) in [6, 6.07) is 58.5. The monoisotopic (exact) mass is 716 g/mol. The first-order chi connectivity index (χ1) is 26.8. The van der Waals surface area contributed by atoms with E-state index in [0.717, 1.165) is 17.3 Å². The van der Waals surface area contributed by atoms with E-state index in [1.165, 1.54) is 93.0 Å². The molecule has 0 fully saturated rings. The van der Waals surface area contributed by atoms with E-state index in [0.29, 0.717) is 0 Å². The minimum atomic E-state index is -2.11. The Kier molecular flexibility index (Phi) is 5.23. The van der Waals surface area contributed by atoms with Gasteiger partial charge >= 0.3 is 28.3 Å². The number of nitrogens with zero attached hydrogens (tertiary/aromatic N) is 4. The van der Waals surface area contributed by atoms with Gasteiger partial charge in [0, 0.05) is 59.9 Å². The number of hydrogen-bond acceptors (Lipinski definition) is 3. The molecule has 10 aromatic rings. The maximum atomic E-state index is 7.06. The van der Waals surface area contributed by atoms with Crippen molar-refractivity contribution < 1.29 is 4.74 Å². The zero-order valence-corrected chi connectivity index (χ0v) is 31.2. The van der Waals surface area contributed by atoms with Gasteiger partial charge in [-0.25, -0.2) is 4.98 Å². The lowest BCUT2D eigenvalue weighted by Gasteiger charge is -2.40. The van der Waals surface area contributed by atoms with Crippen molar-refractivity contribution in [3.05, 3.63) is 158 Å². The summed E-state index contributed by atoms with van der Waals surface area (Å²) < 4.78 is 20.1. The molecular weight excluding hydrogens is 691 g/mol. The van der Waals surface area contributed by atoms with Crippen LogP contribution in [0.5, 0.6) is 11.6 Å². The third kappa shape index (κ3) is 3.29. The molecule has 4 aliphatic heterocycles. The van der Waals surface area contributed by atoms with Crippen molar-refractivity contribution in [2.75, 3.05) is 4.90 Å². The molecule has 0 spiro atoms. The summed E-state index contributed by atoms with van der Waals surface area (Å²) in [5.74, 6) is 1.74. The Morgan fingerprint density at radius 3 is 1.74 bits per heavy atom. The number of para-hydroxylation sites is 5. The summed E-state index contributed by atoms with van der Waals surface area (Å²) in [6.45, 7) is 0. The van der Waals surface area contributed by atoms with Crippen LogP contribution < -0.4 is 36.3 Å². The lowest BCUT2D eigenvalue weighted by molar-refractivity contribution is 0.469. The number of benzene rings is 7. The predicted molar refractivity (Wildman–Crippen MR) is 223 cm³/mol. The molecule has 14 rings (SSSR count). The van der Waals surface area contributed by atoms with Gasteiger partial charge in [0.2, 0.25) is 5.88 Å². The fourth-order valence-electron chi connectivity index (χ4n) is 10.6. The van der Waals surface area contributed by atoms with Crippen LogP contribution >= 0.6 is 0 Å². The largest absolute Gasteiger partial charge is 0.442 e. The standard InChI is InChI=1S/C47H26N4O.2Al/c1-2-14-33(15-3-1)49(34-16-12-17-35(30-34)50-43-24-8-4-20-39(43)40-21-5-9-25-44(40)50)37-28-29-47(48-32-37)52-38-19-13-18-36(31-38)51-45-26-10-6-22-41(45)42-23-7-11-27-46(42)51;;/h1-24,26,28H;;. The highest BCUT2D eigenvalue weighted by atomic mass is 27.2. The van der Waals surface area contributed by atoms with Crippen LogP contribution in [0, 0.1) is 0 Å². The number of ether oxygens (including phenoxy) is 1. The highest BCUT2D eigenvalue weighted by molar-refractivity contribution is 7.01. The average Bonchev–Trinajstić information content (AvgIpc) is 3.75. The summed E-state index contributed by atoms with van der Waals surface area (Å²) in [6.07, 6.45) is 0. The average molecular weight is 717 g/mol. The van der Waals surface area contributed by atoms with Gasteiger partial charge in [0.05, 0.1) is 16.7 Å². The SMILES string of the molecule is c1ccc(N2c3c[c]4c(n[c]3[Al]3[c]5c2cccc5-n2c5ccccc5c5ccc[c]3c52)Oc2cccc3[c]2[Al]4[c]2cccc4c5ccccc5n-3c24)cc1. The second-order valence-corrected chi connectivity index (χ2v) is 20.3. The van der Waals surface area contributed by atoms with Gasteiger partial charge in [-0.3, -0.25) is 0 Å². The Balaban J connectivity index is 1.11. The summed E-state index contributed by atoms with van der Waals surface area (Å²) in [4.78, 5) is 8.30. The first kappa shape index (κ1) is 28.5. The summed E-state index contributed by atoms with van der Waals surface area (Å²) >= 11 is -4.17. The van der Waals surface area contributed by atoms with Crippen molar-refractivity contribution >= 4 is 116 Å². The molecule has 7 aromatic carbocycles. The van der Waals surface area contributed by atoms with Crippen LogP contribution in [0.15, 0.2) is 158 Å². The van der Waals surface area contributed by atoms with Gasteiger partial charge in [-0.05, 0) is 63.4 Å². The molecule has 0 N–H and O–H groups in total. The fraction of sp³-hybridized carbons (Fsp3) is 0. The van der Waals surface area contributed by atoms with E-state index in [4.69, 9.17) is 9.72 Å². The normalized spacial score (nSPS) is 14.0. The summed E-state index contributed by atoms with van der Waals surface area (Å²) in [5, 5.41) is 5.22. The van der Waals surface area contributed by atoms with Gasteiger partial charge in [0.25, 0.3) is 0 Å². The summed E-state index contributed by atoms with van der Waals surface area (Å²) in [5.41, 5.74) is 11.3. The minimum absolute atomic E-state index is 0.788. The molecule has 0 aliphatic carbocycles. The van der Waals surface area contributed by atoms with E-state index in [9.17, 15) is 0 Å². The Bertz CT molecular complexity index is 3350. The fourth-order valence-corrected chi connectivity index (χ4v) is 17.6. The van der Waals surface area contributed by atoms with E-state index < -0.39 is 28.3 Å². The van der Waals surface area contributed by atoms with Crippen LogP contribution in [0.4, 0.5) is 17.1 Å². The van der Waals surface area contributed by atoms with Gasteiger partial charge in [-0.15, -0.1) is 0 Å². The third-order valence-electron chi connectivity index (χ3n) is 12.5. The van der Waals surface area contributed by atoms with Crippen molar-refractivity contribution in [2.24, 2.45) is 0 Å². The second kappa shape index (κ2) is 9.93. The topological polar surface area (TPSA) is 35.2 Å². The Morgan fingerprint density at radius 1 is 0.444 bits per heavy atom. The lowest BCUT2D eigenvalue weighted by Crippen LogP contribution is -2.63. The maximum absolute atomic E-state index is 7.06. The first-order valence-electron chi connectivity index (χ1n) is 18.7. The van der Waals surface area contributed by atoms with Crippen molar-refractivity contribution in [1.29, 1.82) is 0 Å². The molecule has 0 radical (unpaired) electrons. The van der Waals surface area contributed by atoms with Gasteiger partial charge < -0.3 is 18.8 Å². The highest BCUT2D eigenvalue weighted by Crippen LogP contribution is 2.42.